The van der Waals surface area contributed by atoms with Crippen LogP contribution in [0.1, 0.15) is 34.8 Å². The number of hydrogen-bond donors (Lipinski definition) is 3. The second-order valence-corrected chi connectivity index (χ2v) is 10.2. The molecule has 0 saturated carbocycles. The lowest BCUT2D eigenvalue weighted by molar-refractivity contribution is -0.274. The molecule has 1 aromatic carbocycles. The summed E-state index contributed by atoms with van der Waals surface area (Å²) in [7, 11) is 1.30. The van der Waals surface area contributed by atoms with Crippen molar-refractivity contribution in [3.8, 4) is 11.5 Å². The minimum atomic E-state index is -4.87. The minimum Gasteiger partial charge on any atom is -0.497 e. The van der Waals surface area contributed by atoms with Crippen LogP contribution in [0, 0.1) is 0 Å². The molecule has 0 fully saturated rings. The number of aryl methyl sites for hydroxylation is 2. The fourth-order valence-electron chi connectivity index (χ4n) is 3.88. The van der Waals surface area contributed by atoms with Gasteiger partial charge in [0.2, 0.25) is 11.0 Å². The zero-order chi connectivity index (χ0) is 30.0. The van der Waals surface area contributed by atoms with Gasteiger partial charge in [0.15, 0.2) is 5.82 Å². The predicted molar refractivity (Wildman–Crippen MR) is 148 cm³/mol. The van der Waals surface area contributed by atoms with Gasteiger partial charge in [-0.25, -0.2) is 0 Å². The summed E-state index contributed by atoms with van der Waals surface area (Å²) in [5.41, 5.74) is 1.78. The highest BCUT2D eigenvalue weighted by Gasteiger charge is 2.31. The number of anilines is 2. The minimum absolute atomic E-state index is 0.127. The first kappa shape index (κ1) is 30.6. The van der Waals surface area contributed by atoms with E-state index in [9.17, 15) is 23.1 Å². The molecule has 4 rings (SSSR count). The van der Waals surface area contributed by atoms with Crippen LogP contribution in [-0.4, -0.2) is 56.1 Å². The molecule has 11 nitrogen and oxygen atoms in total. The Kier molecular flexibility index (Phi) is 10.6. The number of benzene rings is 1. The van der Waals surface area contributed by atoms with Gasteiger partial charge in [-0.05, 0) is 61.2 Å². The number of carbonyl (C=O) groups excluding carboxylic acids is 1. The van der Waals surface area contributed by atoms with Gasteiger partial charge in [-0.3, -0.25) is 9.78 Å². The smallest absolute Gasteiger partial charge is 0.497 e. The van der Waals surface area contributed by atoms with Gasteiger partial charge in [0.05, 0.1) is 19.2 Å². The van der Waals surface area contributed by atoms with Crippen LogP contribution in [0.15, 0.2) is 54.7 Å². The van der Waals surface area contributed by atoms with Gasteiger partial charge in [0, 0.05) is 30.8 Å². The Labute approximate surface area is 243 Å². The van der Waals surface area contributed by atoms with Crippen LogP contribution in [0.25, 0.3) is 0 Å². The van der Waals surface area contributed by atoms with Crippen molar-refractivity contribution in [2.45, 2.75) is 51.1 Å². The highest BCUT2D eigenvalue weighted by molar-refractivity contribution is 7.15. The Balaban J connectivity index is 1.18. The number of alkyl halides is 3. The third-order valence-electron chi connectivity index (χ3n) is 5.72. The first-order valence-corrected chi connectivity index (χ1v) is 13.7. The Morgan fingerprint density at radius 1 is 1.00 bits per heavy atom. The van der Waals surface area contributed by atoms with E-state index in [0.29, 0.717) is 18.0 Å². The number of halogens is 3. The van der Waals surface area contributed by atoms with E-state index >= 15 is 0 Å². The van der Waals surface area contributed by atoms with E-state index in [4.69, 9.17) is 4.74 Å². The third kappa shape index (κ3) is 10.2. The average molecular weight is 604 g/mol. The van der Waals surface area contributed by atoms with Crippen molar-refractivity contribution in [3.63, 3.8) is 0 Å². The second kappa shape index (κ2) is 14.5. The number of ether oxygens (including phenoxy) is 2. The van der Waals surface area contributed by atoms with E-state index < -0.39 is 24.2 Å². The standard InChI is InChI=1S/C27H28F3N7O4S/c1-40-20-12-17(13-21(16-20)41-27(28,29)30)14-23(38)32-22-10-9-18(34-35-22)6-2-3-8-25-36-37-26(42-25)33-24(39)15-19-7-4-5-11-31-19/h4-5,7,9-13,16,24,39H,2-3,6,8,14-15H2,1H3,(H,33,37)(H,32,35,38). The molecule has 0 aliphatic rings. The lowest BCUT2D eigenvalue weighted by atomic mass is 10.1. The van der Waals surface area contributed by atoms with Crippen LogP contribution in [0.4, 0.5) is 24.1 Å². The second-order valence-electron chi connectivity index (χ2n) is 9.09. The van der Waals surface area contributed by atoms with Crippen molar-refractivity contribution in [1.82, 2.24) is 25.4 Å². The Morgan fingerprint density at radius 2 is 1.81 bits per heavy atom. The normalized spacial score (nSPS) is 12.0. The molecular weight excluding hydrogens is 575 g/mol. The van der Waals surface area contributed by atoms with Gasteiger partial charge >= 0.3 is 6.36 Å². The van der Waals surface area contributed by atoms with Crippen LogP contribution >= 0.6 is 11.3 Å². The summed E-state index contributed by atoms with van der Waals surface area (Å²) in [5.74, 6) is -0.620. The molecule has 0 radical (unpaired) electrons. The summed E-state index contributed by atoms with van der Waals surface area (Å²) < 4.78 is 46.7. The number of aliphatic hydroxyl groups is 1. The summed E-state index contributed by atoms with van der Waals surface area (Å²) >= 11 is 1.39. The fourth-order valence-corrected chi connectivity index (χ4v) is 4.71. The lowest BCUT2D eigenvalue weighted by Crippen LogP contribution is -2.21. The lowest BCUT2D eigenvalue weighted by Gasteiger charge is -2.12. The molecule has 0 saturated heterocycles. The van der Waals surface area contributed by atoms with E-state index in [1.165, 1.54) is 24.5 Å². The van der Waals surface area contributed by atoms with Crippen molar-refractivity contribution in [3.05, 3.63) is 76.7 Å². The number of unbranched alkanes of at least 4 members (excludes halogenated alkanes) is 1. The average Bonchev–Trinajstić information content (AvgIpc) is 3.38. The largest absolute Gasteiger partial charge is 0.573 e. The number of pyridine rings is 1. The molecule has 0 bridgehead atoms. The van der Waals surface area contributed by atoms with E-state index in [1.54, 1.807) is 18.3 Å². The SMILES string of the molecule is COc1cc(CC(=O)Nc2ccc(CCCCc3nnc(NC(O)Cc4ccccn4)s3)nn2)cc(OC(F)(F)F)c1. The van der Waals surface area contributed by atoms with Crippen LogP contribution in [0.2, 0.25) is 0 Å². The number of rotatable bonds is 14. The van der Waals surface area contributed by atoms with Crippen molar-refractivity contribution in [2.75, 3.05) is 17.7 Å². The van der Waals surface area contributed by atoms with Crippen molar-refractivity contribution >= 4 is 28.2 Å². The van der Waals surface area contributed by atoms with Crippen molar-refractivity contribution in [1.29, 1.82) is 0 Å². The summed E-state index contributed by atoms with van der Waals surface area (Å²) in [6.07, 6.45) is -0.835. The molecule has 42 heavy (non-hydrogen) atoms. The molecule has 3 N–H and O–H groups in total. The third-order valence-corrected chi connectivity index (χ3v) is 6.63. The number of carbonyl (C=O) groups is 1. The van der Waals surface area contributed by atoms with E-state index in [1.807, 2.05) is 18.2 Å². The predicted octanol–water partition coefficient (Wildman–Crippen LogP) is 4.35. The molecule has 3 heterocycles. The highest BCUT2D eigenvalue weighted by Crippen LogP contribution is 2.28. The Bertz CT molecular complexity index is 1440. The molecule has 0 spiro atoms. The number of amides is 1. The molecule has 0 aliphatic heterocycles. The van der Waals surface area contributed by atoms with E-state index in [-0.39, 0.29) is 23.6 Å². The maximum absolute atomic E-state index is 12.6. The number of hydrogen-bond acceptors (Lipinski definition) is 11. The first-order chi connectivity index (χ1) is 20.1. The maximum Gasteiger partial charge on any atom is 0.573 e. The number of nitrogens with zero attached hydrogens (tertiary/aromatic N) is 5. The summed E-state index contributed by atoms with van der Waals surface area (Å²) in [5, 5.41) is 33.5. The maximum atomic E-state index is 12.6. The molecule has 1 atom stereocenters. The van der Waals surface area contributed by atoms with Gasteiger partial charge in [-0.2, -0.15) is 5.10 Å². The topological polar surface area (TPSA) is 144 Å². The fraction of sp³-hybridized carbons (Fsp3) is 0.333. The van der Waals surface area contributed by atoms with Gasteiger partial charge < -0.3 is 25.2 Å². The van der Waals surface area contributed by atoms with Crippen LogP contribution in [0.3, 0.4) is 0 Å². The summed E-state index contributed by atoms with van der Waals surface area (Å²) in [4.78, 5) is 16.6. The van der Waals surface area contributed by atoms with Gasteiger partial charge in [0.1, 0.15) is 22.7 Å². The van der Waals surface area contributed by atoms with Crippen LogP contribution in [0.5, 0.6) is 11.5 Å². The van der Waals surface area contributed by atoms with Gasteiger partial charge in [-0.1, -0.05) is 17.4 Å². The van der Waals surface area contributed by atoms with Gasteiger partial charge in [0.25, 0.3) is 0 Å². The molecular formula is C27H28F3N7O4S. The molecule has 1 unspecified atom stereocenters. The number of nitrogens with one attached hydrogen (secondary N) is 2. The Morgan fingerprint density at radius 3 is 2.52 bits per heavy atom. The molecule has 0 aliphatic carbocycles. The molecule has 222 valence electrons. The van der Waals surface area contributed by atoms with E-state index in [0.717, 1.165) is 47.8 Å². The van der Waals surface area contributed by atoms with Crippen LogP contribution < -0.4 is 20.1 Å². The first-order valence-electron chi connectivity index (χ1n) is 12.9. The summed E-state index contributed by atoms with van der Waals surface area (Å²) in [6, 6.07) is 12.5. The zero-order valence-corrected chi connectivity index (χ0v) is 23.3. The van der Waals surface area contributed by atoms with Gasteiger partial charge in [-0.15, -0.1) is 28.5 Å². The number of methoxy groups -OCH3 is 1. The molecule has 3 aromatic heterocycles. The van der Waals surface area contributed by atoms with Crippen molar-refractivity contribution < 1.29 is 32.5 Å². The monoisotopic (exact) mass is 603 g/mol. The molecule has 1 amide bonds. The van der Waals surface area contributed by atoms with Crippen LogP contribution in [-0.2, 0) is 30.5 Å². The molecule has 4 aromatic rings. The van der Waals surface area contributed by atoms with E-state index in [2.05, 4.69) is 40.7 Å². The number of aliphatic hydroxyl groups excluding tert-OH is 1. The summed E-state index contributed by atoms with van der Waals surface area (Å²) in [6.45, 7) is 0. The Hall–Kier alpha value is -4.37. The quantitative estimate of drug-likeness (QED) is 0.141. The number of aromatic nitrogens is 5. The molecule has 15 heteroatoms. The van der Waals surface area contributed by atoms with Crippen molar-refractivity contribution in [2.24, 2.45) is 0 Å². The highest BCUT2D eigenvalue weighted by atomic mass is 32.1. The zero-order valence-electron chi connectivity index (χ0n) is 22.5.